The number of anilines is 2. The van der Waals surface area contributed by atoms with E-state index >= 15 is 0 Å². The van der Waals surface area contributed by atoms with E-state index in [0.29, 0.717) is 5.69 Å². The average Bonchev–Trinajstić information content (AvgIpc) is 2.39. The van der Waals surface area contributed by atoms with Gasteiger partial charge in [0.25, 0.3) is 5.91 Å². The minimum atomic E-state index is -0.226. The molecular formula is C13H12BrN3O. The van der Waals surface area contributed by atoms with Crippen LogP contribution < -0.4 is 10.6 Å². The zero-order valence-electron chi connectivity index (χ0n) is 9.77. The van der Waals surface area contributed by atoms with Gasteiger partial charge in [0.05, 0.1) is 11.9 Å². The van der Waals surface area contributed by atoms with Crippen LogP contribution in [0.1, 0.15) is 10.5 Å². The normalized spacial score (nSPS) is 9.89. The molecule has 0 unspecified atom stereocenters. The number of nitrogens with zero attached hydrogens (tertiary/aromatic N) is 1. The van der Waals surface area contributed by atoms with Crippen LogP contribution in [0, 0.1) is 0 Å². The van der Waals surface area contributed by atoms with E-state index in [4.69, 9.17) is 0 Å². The summed E-state index contributed by atoms with van der Waals surface area (Å²) in [7, 11) is 1.80. The van der Waals surface area contributed by atoms with Gasteiger partial charge in [0.15, 0.2) is 0 Å². The van der Waals surface area contributed by atoms with E-state index in [2.05, 4.69) is 31.5 Å². The summed E-state index contributed by atoms with van der Waals surface area (Å²) in [5, 5.41) is 5.73. The van der Waals surface area contributed by atoms with Crippen LogP contribution in [0.3, 0.4) is 0 Å². The average molecular weight is 306 g/mol. The van der Waals surface area contributed by atoms with E-state index in [9.17, 15) is 4.79 Å². The van der Waals surface area contributed by atoms with Crippen LogP contribution in [-0.2, 0) is 0 Å². The van der Waals surface area contributed by atoms with E-state index in [-0.39, 0.29) is 5.91 Å². The Hall–Kier alpha value is -1.88. The molecule has 4 nitrogen and oxygen atoms in total. The topological polar surface area (TPSA) is 54.0 Å². The van der Waals surface area contributed by atoms with Crippen molar-refractivity contribution < 1.29 is 4.79 Å². The molecule has 18 heavy (non-hydrogen) atoms. The number of benzene rings is 1. The zero-order chi connectivity index (χ0) is 13.0. The van der Waals surface area contributed by atoms with E-state index in [1.165, 1.54) is 0 Å². The van der Waals surface area contributed by atoms with Crippen molar-refractivity contribution in [1.29, 1.82) is 0 Å². The molecule has 1 heterocycles. The fourth-order valence-corrected chi connectivity index (χ4v) is 1.84. The Bertz CT molecular complexity index is 554. The second kappa shape index (κ2) is 5.64. The monoisotopic (exact) mass is 305 g/mol. The molecule has 1 aromatic carbocycles. The zero-order valence-corrected chi connectivity index (χ0v) is 11.4. The maximum atomic E-state index is 11.9. The lowest BCUT2D eigenvalue weighted by atomic mass is 10.3. The smallest absolute Gasteiger partial charge is 0.274 e. The maximum Gasteiger partial charge on any atom is 0.274 e. The predicted molar refractivity (Wildman–Crippen MR) is 75.9 cm³/mol. The van der Waals surface area contributed by atoms with E-state index in [1.54, 1.807) is 19.3 Å². The molecule has 1 aromatic heterocycles. The highest BCUT2D eigenvalue weighted by molar-refractivity contribution is 9.10. The van der Waals surface area contributed by atoms with Crippen molar-refractivity contribution in [3.05, 3.63) is 52.8 Å². The third-order valence-corrected chi connectivity index (χ3v) is 2.86. The molecule has 0 saturated heterocycles. The second-order valence-electron chi connectivity index (χ2n) is 3.65. The Balaban J connectivity index is 2.11. The van der Waals surface area contributed by atoms with Crippen LogP contribution in [0.2, 0.25) is 0 Å². The summed E-state index contributed by atoms with van der Waals surface area (Å²) in [5.74, 6) is -0.226. The second-order valence-corrected chi connectivity index (χ2v) is 4.56. The molecular weight excluding hydrogens is 294 g/mol. The lowest BCUT2D eigenvalue weighted by Crippen LogP contribution is -2.13. The quantitative estimate of drug-likeness (QED) is 0.916. The number of halogens is 1. The van der Waals surface area contributed by atoms with Gasteiger partial charge in [-0.3, -0.25) is 4.79 Å². The maximum absolute atomic E-state index is 11.9. The molecule has 0 atom stereocenters. The largest absolute Gasteiger partial charge is 0.387 e. The molecule has 0 aliphatic carbocycles. The molecule has 92 valence electrons. The molecule has 0 radical (unpaired) electrons. The molecule has 0 spiro atoms. The number of hydrogen-bond acceptors (Lipinski definition) is 3. The molecule has 1 amide bonds. The summed E-state index contributed by atoms with van der Waals surface area (Å²) in [6.45, 7) is 0. The first-order valence-electron chi connectivity index (χ1n) is 5.40. The summed E-state index contributed by atoms with van der Waals surface area (Å²) in [5.41, 5.74) is 1.98. The number of carbonyl (C=O) groups is 1. The van der Waals surface area contributed by atoms with Gasteiger partial charge in [0.1, 0.15) is 5.69 Å². The minimum absolute atomic E-state index is 0.226. The molecule has 5 heteroatoms. The van der Waals surface area contributed by atoms with Gasteiger partial charge in [0, 0.05) is 17.2 Å². The predicted octanol–water partition coefficient (Wildman–Crippen LogP) is 3.14. The molecule has 0 aliphatic heterocycles. The van der Waals surface area contributed by atoms with Crippen LogP contribution in [0.5, 0.6) is 0 Å². The fraction of sp³-hybridized carbons (Fsp3) is 0.0769. The third-order valence-electron chi connectivity index (χ3n) is 2.37. The molecule has 2 rings (SSSR count). The van der Waals surface area contributed by atoms with Crippen molar-refractivity contribution >= 4 is 33.2 Å². The molecule has 2 N–H and O–H groups in total. The number of pyridine rings is 1. The van der Waals surface area contributed by atoms with Crippen LogP contribution in [-0.4, -0.2) is 17.9 Å². The van der Waals surface area contributed by atoms with E-state index in [1.807, 2.05) is 30.3 Å². The van der Waals surface area contributed by atoms with Gasteiger partial charge in [-0.1, -0.05) is 22.0 Å². The first kappa shape index (κ1) is 12.6. The highest BCUT2D eigenvalue weighted by Crippen LogP contribution is 2.16. The summed E-state index contributed by atoms with van der Waals surface area (Å²) in [6, 6.07) is 10.9. The van der Waals surface area contributed by atoms with Crippen molar-refractivity contribution in [2.75, 3.05) is 17.7 Å². The van der Waals surface area contributed by atoms with E-state index < -0.39 is 0 Å². The highest BCUT2D eigenvalue weighted by atomic mass is 79.9. The van der Waals surface area contributed by atoms with Gasteiger partial charge < -0.3 is 10.6 Å². The number of nitrogens with one attached hydrogen (secondary N) is 2. The third kappa shape index (κ3) is 3.07. The lowest BCUT2D eigenvalue weighted by molar-refractivity contribution is 0.102. The molecule has 0 fully saturated rings. The minimum Gasteiger partial charge on any atom is -0.387 e. The summed E-state index contributed by atoms with van der Waals surface area (Å²) in [6.07, 6.45) is 1.62. The van der Waals surface area contributed by atoms with Crippen molar-refractivity contribution in [3.8, 4) is 0 Å². The number of aromatic nitrogens is 1. The Morgan fingerprint density at radius 2 is 2.06 bits per heavy atom. The van der Waals surface area contributed by atoms with Crippen molar-refractivity contribution in [2.45, 2.75) is 0 Å². The Labute approximate surface area is 114 Å². The van der Waals surface area contributed by atoms with Gasteiger partial charge in [0.2, 0.25) is 0 Å². The summed E-state index contributed by atoms with van der Waals surface area (Å²) < 4.78 is 0.916. The molecule has 2 aromatic rings. The highest BCUT2D eigenvalue weighted by Gasteiger charge is 2.07. The lowest BCUT2D eigenvalue weighted by Gasteiger charge is -2.05. The van der Waals surface area contributed by atoms with Crippen LogP contribution in [0.15, 0.2) is 47.1 Å². The Kier molecular flexibility index (Phi) is 3.94. The van der Waals surface area contributed by atoms with Gasteiger partial charge in [-0.2, -0.15) is 0 Å². The van der Waals surface area contributed by atoms with Crippen molar-refractivity contribution in [2.24, 2.45) is 0 Å². The molecule has 0 bridgehead atoms. The number of amides is 1. The fourth-order valence-electron chi connectivity index (χ4n) is 1.44. The summed E-state index contributed by atoms with van der Waals surface area (Å²) >= 11 is 3.35. The summed E-state index contributed by atoms with van der Waals surface area (Å²) in [4.78, 5) is 16.0. The van der Waals surface area contributed by atoms with Crippen molar-refractivity contribution in [3.63, 3.8) is 0 Å². The molecule has 0 saturated carbocycles. The van der Waals surface area contributed by atoms with Crippen LogP contribution in [0.4, 0.5) is 11.4 Å². The number of rotatable bonds is 3. The number of carbonyl (C=O) groups excluding carboxylic acids is 1. The Morgan fingerprint density at radius 3 is 2.67 bits per heavy atom. The first-order chi connectivity index (χ1) is 8.69. The van der Waals surface area contributed by atoms with Gasteiger partial charge in [-0.05, 0) is 30.3 Å². The number of hydrogen-bond donors (Lipinski definition) is 2. The van der Waals surface area contributed by atoms with Gasteiger partial charge >= 0.3 is 0 Å². The van der Waals surface area contributed by atoms with Crippen LogP contribution in [0.25, 0.3) is 0 Å². The van der Waals surface area contributed by atoms with Crippen LogP contribution >= 0.6 is 15.9 Å². The Morgan fingerprint density at radius 1 is 1.22 bits per heavy atom. The standard InChI is InChI=1S/C13H12BrN3O/c1-15-11-5-6-12(16-8-11)13(18)17-10-4-2-3-9(14)7-10/h2-8,15H,1H3,(H,17,18). The van der Waals surface area contributed by atoms with Gasteiger partial charge in [-0.15, -0.1) is 0 Å². The van der Waals surface area contributed by atoms with Gasteiger partial charge in [-0.25, -0.2) is 4.98 Å². The SMILES string of the molecule is CNc1ccc(C(=O)Nc2cccc(Br)c2)nc1. The first-order valence-corrected chi connectivity index (χ1v) is 6.19. The van der Waals surface area contributed by atoms with Crippen molar-refractivity contribution in [1.82, 2.24) is 4.98 Å². The molecule has 0 aliphatic rings. The van der Waals surface area contributed by atoms with E-state index in [0.717, 1.165) is 15.8 Å².